The molecule has 4 heteroatoms. The number of nitrogens with zero attached hydrogens (tertiary/aromatic N) is 2. The summed E-state index contributed by atoms with van der Waals surface area (Å²) < 4.78 is 17.6. The molecule has 214 valence electrons. The maximum Gasteiger partial charge on any atom is 0.159 e. The van der Waals surface area contributed by atoms with Gasteiger partial charge < -0.3 is 18.0 Å². The lowest BCUT2D eigenvalue weighted by Gasteiger charge is -2.10. The maximum absolute atomic E-state index is 6.61. The van der Waals surface area contributed by atoms with Crippen LogP contribution >= 0.6 is 0 Å². The van der Waals surface area contributed by atoms with Gasteiger partial charge in [0.05, 0.1) is 27.8 Å². The number of benzene rings is 7. The Balaban J connectivity index is 1.31. The van der Waals surface area contributed by atoms with E-state index in [2.05, 4.69) is 137 Å². The highest BCUT2D eigenvalue weighted by Crippen LogP contribution is 2.44. The quantitative estimate of drug-likeness (QED) is 0.201. The Morgan fingerprint density at radius 3 is 1.83 bits per heavy atom. The van der Waals surface area contributed by atoms with Gasteiger partial charge in [0, 0.05) is 48.8 Å². The molecule has 7 aromatic carbocycles. The van der Waals surface area contributed by atoms with E-state index in [0.29, 0.717) is 0 Å². The molecule has 0 atom stereocenters. The van der Waals surface area contributed by atoms with Gasteiger partial charge in [0.1, 0.15) is 16.7 Å². The van der Waals surface area contributed by atoms with Crippen LogP contribution in [0.5, 0.6) is 0 Å². The first kappa shape index (κ1) is 24.1. The van der Waals surface area contributed by atoms with Gasteiger partial charge in [-0.3, -0.25) is 0 Å². The van der Waals surface area contributed by atoms with Crippen LogP contribution in [0.2, 0.25) is 0 Å². The minimum Gasteiger partial charge on any atom is -0.456 e. The van der Waals surface area contributed by atoms with Crippen molar-refractivity contribution in [2.45, 2.75) is 0 Å². The Kier molecular flexibility index (Phi) is 4.55. The topological polar surface area (TPSA) is 36.1 Å². The number of aromatic nitrogens is 2. The molecule has 0 radical (unpaired) electrons. The molecule has 0 aliphatic carbocycles. The van der Waals surface area contributed by atoms with Gasteiger partial charge in [-0.1, -0.05) is 91.0 Å². The zero-order valence-electron chi connectivity index (χ0n) is 24.6. The predicted octanol–water partition coefficient (Wildman–Crippen LogP) is 11.7. The average molecular weight is 589 g/mol. The third-order valence-electron chi connectivity index (χ3n) is 9.71. The Labute approximate surface area is 261 Å². The molecule has 0 aliphatic rings. The number of para-hydroxylation sites is 5. The fourth-order valence-electron chi connectivity index (χ4n) is 7.80. The molecule has 0 fully saturated rings. The second-order valence-electron chi connectivity index (χ2n) is 12.1. The summed E-state index contributed by atoms with van der Waals surface area (Å²) in [6.07, 6.45) is 0. The van der Waals surface area contributed by atoms with Gasteiger partial charge >= 0.3 is 0 Å². The summed E-state index contributed by atoms with van der Waals surface area (Å²) in [6.45, 7) is 0. The van der Waals surface area contributed by atoms with Gasteiger partial charge in [0.15, 0.2) is 5.58 Å². The van der Waals surface area contributed by atoms with Crippen LogP contribution in [0, 0.1) is 0 Å². The van der Waals surface area contributed by atoms with E-state index in [1.165, 1.54) is 27.1 Å². The molecule has 4 nitrogen and oxygen atoms in total. The van der Waals surface area contributed by atoms with Crippen molar-refractivity contribution < 1.29 is 8.83 Å². The Morgan fingerprint density at radius 1 is 0.370 bits per heavy atom. The predicted molar refractivity (Wildman–Crippen MR) is 190 cm³/mol. The van der Waals surface area contributed by atoms with Crippen LogP contribution in [-0.2, 0) is 0 Å². The minimum atomic E-state index is 0.893. The lowest BCUT2D eigenvalue weighted by Crippen LogP contribution is -1.96. The van der Waals surface area contributed by atoms with E-state index in [1.807, 2.05) is 18.2 Å². The van der Waals surface area contributed by atoms with E-state index < -0.39 is 0 Å². The molecule has 46 heavy (non-hydrogen) atoms. The van der Waals surface area contributed by atoms with Gasteiger partial charge in [-0.05, 0) is 54.6 Å². The molecular weight excluding hydrogens is 564 g/mol. The van der Waals surface area contributed by atoms with Crippen LogP contribution in [0.1, 0.15) is 0 Å². The van der Waals surface area contributed by atoms with Gasteiger partial charge in [-0.15, -0.1) is 0 Å². The average Bonchev–Trinajstić information content (AvgIpc) is 3.85. The summed E-state index contributed by atoms with van der Waals surface area (Å²) in [7, 11) is 0. The van der Waals surface area contributed by atoms with Gasteiger partial charge in [0.25, 0.3) is 0 Å². The Bertz CT molecular complexity index is 3040. The van der Waals surface area contributed by atoms with Crippen molar-refractivity contribution in [1.82, 2.24) is 9.13 Å². The number of hydrogen-bond donors (Lipinski definition) is 0. The monoisotopic (exact) mass is 588 g/mol. The van der Waals surface area contributed by atoms with Crippen LogP contribution < -0.4 is 0 Å². The van der Waals surface area contributed by atoms with E-state index >= 15 is 0 Å². The number of fused-ring (bicyclic) bond motifs is 13. The molecule has 0 unspecified atom stereocenters. The van der Waals surface area contributed by atoms with Crippen LogP contribution in [-0.4, -0.2) is 9.13 Å². The molecule has 0 saturated carbocycles. The first-order valence-electron chi connectivity index (χ1n) is 15.6. The smallest absolute Gasteiger partial charge is 0.159 e. The van der Waals surface area contributed by atoms with Crippen molar-refractivity contribution in [2.24, 2.45) is 0 Å². The molecule has 0 amide bonds. The zero-order valence-corrected chi connectivity index (χ0v) is 24.6. The summed E-state index contributed by atoms with van der Waals surface area (Å²) in [6, 6.07) is 51.6. The lowest BCUT2D eigenvalue weighted by atomic mass is 10.1. The fourth-order valence-corrected chi connectivity index (χ4v) is 7.80. The van der Waals surface area contributed by atoms with Crippen molar-refractivity contribution in [3.8, 4) is 11.4 Å². The normalized spacial score (nSPS) is 12.3. The van der Waals surface area contributed by atoms with E-state index in [-0.39, 0.29) is 0 Å². The molecule has 0 N–H and O–H groups in total. The van der Waals surface area contributed by atoms with Crippen LogP contribution in [0.3, 0.4) is 0 Å². The van der Waals surface area contributed by atoms with Gasteiger partial charge in [-0.25, -0.2) is 0 Å². The van der Waals surface area contributed by atoms with Crippen LogP contribution in [0.25, 0.3) is 98.9 Å². The second-order valence-corrected chi connectivity index (χ2v) is 12.1. The fraction of sp³-hybridized carbons (Fsp3) is 0. The molecule has 0 aliphatic heterocycles. The largest absolute Gasteiger partial charge is 0.456 e. The highest BCUT2D eigenvalue weighted by atomic mass is 16.3. The third-order valence-corrected chi connectivity index (χ3v) is 9.71. The maximum atomic E-state index is 6.61. The SMILES string of the molecule is c1ccc2c(c1)oc1ccc(-n3c4ccccc4c4c3ccc3c5ccccc5n(-c5cccc6c5oc5ccccc56)c34)cc12. The van der Waals surface area contributed by atoms with Crippen molar-refractivity contribution in [1.29, 1.82) is 0 Å². The lowest BCUT2D eigenvalue weighted by molar-refractivity contribution is 0.666. The highest BCUT2D eigenvalue weighted by Gasteiger charge is 2.23. The van der Waals surface area contributed by atoms with Crippen molar-refractivity contribution in [3.05, 3.63) is 146 Å². The van der Waals surface area contributed by atoms with Crippen LogP contribution in [0.4, 0.5) is 0 Å². The van der Waals surface area contributed by atoms with Crippen molar-refractivity contribution >= 4 is 87.5 Å². The summed E-state index contributed by atoms with van der Waals surface area (Å²) in [5.74, 6) is 0. The molecule has 11 rings (SSSR count). The molecule has 4 heterocycles. The van der Waals surface area contributed by atoms with Gasteiger partial charge in [0.2, 0.25) is 0 Å². The first-order chi connectivity index (χ1) is 22.8. The first-order valence-corrected chi connectivity index (χ1v) is 15.6. The van der Waals surface area contributed by atoms with E-state index in [9.17, 15) is 0 Å². The number of rotatable bonds is 2. The number of hydrogen-bond acceptors (Lipinski definition) is 2. The summed E-state index contributed by atoms with van der Waals surface area (Å²) >= 11 is 0. The van der Waals surface area contributed by atoms with Crippen molar-refractivity contribution in [2.75, 3.05) is 0 Å². The summed E-state index contributed by atoms with van der Waals surface area (Å²) in [5.41, 5.74) is 10.4. The van der Waals surface area contributed by atoms with E-state index in [4.69, 9.17) is 8.83 Å². The molecule has 11 aromatic rings. The molecule has 0 bridgehead atoms. The Hall–Kier alpha value is -6.26. The molecular formula is C42H24N2O2. The molecule has 0 spiro atoms. The standard InChI is InChI=1S/C42H24N2O2/c1-5-15-33-26(10-1)29-21-22-35-40(41(29)44(33)36-17-9-14-30-27-11-3-8-19-38(27)46-42(30)36)31-13-2-6-16-34(31)43(35)25-20-23-39-32(24-25)28-12-4-7-18-37(28)45-39/h1-24H. The Morgan fingerprint density at radius 2 is 1.00 bits per heavy atom. The zero-order chi connectivity index (χ0) is 29.9. The third kappa shape index (κ3) is 3.03. The minimum absolute atomic E-state index is 0.893. The molecule has 4 aromatic heterocycles. The second kappa shape index (κ2) is 8.68. The van der Waals surface area contributed by atoms with Gasteiger partial charge in [-0.2, -0.15) is 0 Å². The highest BCUT2D eigenvalue weighted by molar-refractivity contribution is 6.26. The summed E-state index contributed by atoms with van der Waals surface area (Å²) in [5, 5.41) is 9.35. The van der Waals surface area contributed by atoms with Crippen LogP contribution in [0.15, 0.2) is 154 Å². The number of furan rings is 2. The summed E-state index contributed by atoms with van der Waals surface area (Å²) in [4.78, 5) is 0. The van der Waals surface area contributed by atoms with E-state index in [0.717, 1.165) is 71.8 Å². The molecule has 0 saturated heterocycles. The van der Waals surface area contributed by atoms with E-state index in [1.54, 1.807) is 0 Å². The van der Waals surface area contributed by atoms with Crippen molar-refractivity contribution in [3.63, 3.8) is 0 Å².